The Kier molecular flexibility index (Phi) is 8.40. The van der Waals surface area contributed by atoms with Gasteiger partial charge >= 0.3 is 0 Å². The molecule has 1 aromatic heterocycles. The molecule has 0 fully saturated rings. The zero-order valence-corrected chi connectivity index (χ0v) is 20.5. The van der Waals surface area contributed by atoms with Crippen LogP contribution in [0.4, 0.5) is 0 Å². The van der Waals surface area contributed by atoms with Crippen molar-refractivity contribution in [2.45, 2.75) is 32.3 Å². The van der Waals surface area contributed by atoms with Crippen molar-refractivity contribution in [3.63, 3.8) is 0 Å². The number of aliphatic imine (C=N–C) groups is 1. The summed E-state index contributed by atoms with van der Waals surface area (Å²) in [5, 5.41) is 18.4. The Morgan fingerprint density at radius 1 is 1.00 bits per heavy atom. The van der Waals surface area contributed by atoms with Gasteiger partial charge in [0.05, 0.1) is 24.8 Å². The lowest BCUT2D eigenvalue weighted by atomic mass is 9.85. The van der Waals surface area contributed by atoms with E-state index in [1.807, 2.05) is 36.4 Å². The van der Waals surface area contributed by atoms with Crippen LogP contribution in [0, 0.1) is 5.41 Å². The van der Waals surface area contributed by atoms with E-state index in [9.17, 15) is 5.11 Å². The Labute approximate surface area is 207 Å². The predicted molar refractivity (Wildman–Crippen MR) is 141 cm³/mol. The number of nitrogens with zero attached hydrogens (tertiary/aromatic N) is 3. The fraction of sp³-hybridized carbons (Fsp3) is 0.345. The number of aliphatic hydroxyl groups is 1. The maximum absolute atomic E-state index is 9.40. The van der Waals surface area contributed by atoms with Crippen molar-refractivity contribution in [1.82, 2.24) is 9.88 Å². The van der Waals surface area contributed by atoms with E-state index >= 15 is 0 Å². The van der Waals surface area contributed by atoms with E-state index in [1.165, 1.54) is 5.56 Å². The molecule has 0 bridgehead atoms. The molecule has 1 atom stereocenters. The summed E-state index contributed by atoms with van der Waals surface area (Å²) in [5.74, 6) is 1.04. The summed E-state index contributed by atoms with van der Waals surface area (Å²) in [5.41, 5.74) is 5.74. The lowest BCUT2D eigenvalue weighted by Gasteiger charge is -2.30. The Morgan fingerprint density at radius 2 is 1.69 bits per heavy atom. The number of benzene rings is 2. The maximum Gasteiger partial charge on any atom is 0.119 e. The summed E-state index contributed by atoms with van der Waals surface area (Å²) in [4.78, 5) is 11.1. The molecule has 0 radical (unpaired) electrons. The third kappa shape index (κ3) is 6.41. The van der Waals surface area contributed by atoms with Crippen LogP contribution in [-0.2, 0) is 6.61 Å². The molecule has 0 amide bonds. The molecule has 6 heteroatoms. The van der Waals surface area contributed by atoms with Gasteiger partial charge in [-0.15, -0.1) is 0 Å². The van der Waals surface area contributed by atoms with Crippen LogP contribution in [0.2, 0.25) is 0 Å². The highest BCUT2D eigenvalue weighted by molar-refractivity contribution is 6.18. The third-order valence-electron chi connectivity index (χ3n) is 6.41. The molecule has 3 aromatic rings. The highest BCUT2D eigenvalue weighted by Crippen LogP contribution is 2.27. The molecule has 182 valence electrons. The molecule has 0 saturated heterocycles. The van der Waals surface area contributed by atoms with Crippen molar-refractivity contribution in [3.8, 4) is 5.75 Å². The number of ether oxygens (including phenoxy) is 1. The highest BCUT2D eigenvalue weighted by Gasteiger charge is 2.27. The third-order valence-corrected chi connectivity index (χ3v) is 6.41. The first kappa shape index (κ1) is 24.8. The average Bonchev–Trinajstić information content (AvgIpc) is 2.89. The molecular formula is C29H34N4O2. The van der Waals surface area contributed by atoms with Gasteiger partial charge in [0.1, 0.15) is 12.4 Å². The normalized spacial score (nSPS) is 15.0. The van der Waals surface area contributed by atoms with Crippen molar-refractivity contribution in [2.75, 3.05) is 32.8 Å². The van der Waals surface area contributed by atoms with Gasteiger partial charge < -0.3 is 15.3 Å². The second-order valence-electron chi connectivity index (χ2n) is 9.21. The minimum atomic E-state index is -0.267. The lowest BCUT2D eigenvalue weighted by molar-refractivity contribution is 0.211. The molecule has 2 aromatic carbocycles. The summed E-state index contributed by atoms with van der Waals surface area (Å²) in [6.45, 7) is 7.76. The van der Waals surface area contributed by atoms with Gasteiger partial charge in [-0.2, -0.15) is 0 Å². The van der Waals surface area contributed by atoms with Crippen LogP contribution in [0.1, 0.15) is 47.9 Å². The summed E-state index contributed by atoms with van der Waals surface area (Å²) < 4.78 is 6.04. The second kappa shape index (κ2) is 11.9. The van der Waals surface area contributed by atoms with E-state index in [0.717, 1.165) is 34.7 Å². The fourth-order valence-corrected chi connectivity index (χ4v) is 4.35. The van der Waals surface area contributed by atoms with Crippen LogP contribution in [0.15, 0.2) is 78.0 Å². The van der Waals surface area contributed by atoms with E-state index in [1.54, 1.807) is 12.4 Å². The SMILES string of the molecule is CC(C)c1ccc(COc2ccc(C(C(=N)c3ccncc3)C3=NCCN(CCO)C3)cc2)cc1. The molecule has 1 unspecified atom stereocenters. The van der Waals surface area contributed by atoms with Gasteiger partial charge in [-0.1, -0.05) is 50.2 Å². The van der Waals surface area contributed by atoms with Crippen molar-refractivity contribution >= 4 is 11.4 Å². The molecule has 0 aliphatic carbocycles. The van der Waals surface area contributed by atoms with Crippen molar-refractivity contribution in [3.05, 3.63) is 95.3 Å². The Balaban J connectivity index is 1.52. The molecule has 4 rings (SSSR count). The van der Waals surface area contributed by atoms with Gasteiger partial charge in [0.25, 0.3) is 0 Å². The van der Waals surface area contributed by atoms with Crippen molar-refractivity contribution < 1.29 is 9.84 Å². The number of rotatable bonds is 10. The minimum absolute atomic E-state index is 0.117. The van der Waals surface area contributed by atoms with Crippen LogP contribution in [0.3, 0.4) is 0 Å². The van der Waals surface area contributed by atoms with Crippen LogP contribution < -0.4 is 4.74 Å². The van der Waals surface area contributed by atoms with Gasteiger partial charge in [-0.25, -0.2) is 0 Å². The average molecular weight is 471 g/mol. The van der Waals surface area contributed by atoms with E-state index < -0.39 is 0 Å². The van der Waals surface area contributed by atoms with Crippen LogP contribution in [0.25, 0.3) is 0 Å². The number of hydrogen-bond donors (Lipinski definition) is 2. The van der Waals surface area contributed by atoms with Gasteiger partial charge in [0.2, 0.25) is 0 Å². The molecular weight excluding hydrogens is 436 g/mol. The number of nitrogens with one attached hydrogen (secondary N) is 1. The molecule has 2 N–H and O–H groups in total. The van der Waals surface area contributed by atoms with Gasteiger partial charge in [-0.3, -0.25) is 14.9 Å². The second-order valence-corrected chi connectivity index (χ2v) is 9.21. The predicted octanol–water partition coefficient (Wildman–Crippen LogP) is 4.68. The van der Waals surface area contributed by atoms with E-state index in [0.29, 0.717) is 37.9 Å². The summed E-state index contributed by atoms with van der Waals surface area (Å²) >= 11 is 0. The van der Waals surface area contributed by atoms with Gasteiger partial charge in [0.15, 0.2) is 0 Å². The highest BCUT2D eigenvalue weighted by atomic mass is 16.5. The smallest absolute Gasteiger partial charge is 0.119 e. The fourth-order valence-electron chi connectivity index (χ4n) is 4.35. The molecule has 6 nitrogen and oxygen atoms in total. The number of aromatic nitrogens is 1. The molecule has 2 heterocycles. The van der Waals surface area contributed by atoms with E-state index in [2.05, 4.69) is 48.0 Å². The first-order chi connectivity index (χ1) is 17.0. The Hall–Kier alpha value is -3.35. The summed E-state index contributed by atoms with van der Waals surface area (Å²) in [6, 6.07) is 20.3. The number of pyridine rings is 1. The zero-order valence-electron chi connectivity index (χ0n) is 20.5. The van der Waals surface area contributed by atoms with E-state index in [-0.39, 0.29) is 12.5 Å². The summed E-state index contributed by atoms with van der Waals surface area (Å²) in [7, 11) is 0. The van der Waals surface area contributed by atoms with E-state index in [4.69, 9.17) is 15.1 Å². The zero-order chi connectivity index (χ0) is 24.6. The van der Waals surface area contributed by atoms with Crippen LogP contribution in [0.5, 0.6) is 5.75 Å². The maximum atomic E-state index is 9.40. The van der Waals surface area contributed by atoms with Crippen LogP contribution in [-0.4, -0.2) is 59.2 Å². The molecule has 1 aliphatic rings. The molecule has 35 heavy (non-hydrogen) atoms. The van der Waals surface area contributed by atoms with Gasteiger partial charge in [-0.05, 0) is 52.4 Å². The molecule has 0 saturated carbocycles. The monoisotopic (exact) mass is 470 g/mol. The van der Waals surface area contributed by atoms with Crippen molar-refractivity contribution in [2.24, 2.45) is 4.99 Å². The Morgan fingerprint density at radius 3 is 2.34 bits per heavy atom. The topological polar surface area (TPSA) is 81.8 Å². The first-order valence-electron chi connectivity index (χ1n) is 12.2. The largest absolute Gasteiger partial charge is 0.489 e. The van der Waals surface area contributed by atoms with Crippen molar-refractivity contribution in [1.29, 1.82) is 5.41 Å². The number of hydrogen-bond acceptors (Lipinski definition) is 6. The van der Waals surface area contributed by atoms with Gasteiger partial charge in [0, 0.05) is 37.7 Å². The molecule has 0 spiro atoms. The summed E-state index contributed by atoms with van der Waals surface area (Å²) in [6.07, 6.45) is 3.43. The standard InChI is InChI=1S/C29H34N4O2/c1-21(2)23-5-3-22(4-6-23)20-35-26-9-7-24(8-10-26)28(29(30)25-11-13-31-14-12-25)27-19-33(17-18-34)16-15-32-27/h3-14,21,28,30,34H,15-20H2,1-2H3. The lowest BCUT2D eigenvalue weighted by Crippen LogP contribution is -2.41. The minimum Gasteiger partial charge on any atom is -0.489 e. The quantitative estimate of drug-likeness (QED) is 0.422. The Bertz CT molecular complexity index is 1130. The molecule has 1 aliphatic heterocycles. The number of aliphatic hydroxyl groups excluding tert-OH is 1. The van der Waals surface area contributed by atoms with Crippen LogP contribution >= 0.6 is 0 Å². The number of β-amino-alcohol motifs (C(OH)–C–C–N with tert-alkyl or cyclic N) is 1. The first-order valence-corrected chi connectivity index (χ1v) is 12.2.